The predicted molar refractivity (Wildman–Crippen MR) is 270 cm³/mol. The summed E-state index contributed by atoms with van der Waals surface area (Å²) in [6.07, 6.45) is 1.66. The largest absolute Gasteiger partial charge is 0.420 e. The van der Waals surface area contributed by atoms with Crippen molar-refractivity contribution in [1.29, 1.82) is 0 Å². The molecule has 0 bridgehead atoms. The molecule has 1 aliphatic carbocycles. The minimum atomic E-state index is -4.42. The fourth-order valence-corrected chi connectivity index (χ4v) is 10.4. The van der Waals surface area contributed by atoms with E-state index in [0.29, 0.717) is 132 Å². The van der Waals surface area contributed by atoms with Crippen molar-refractivity contribution in [3.63, 3.8) is 0 Å². The molecule has 3 fully saturated rings. The summed E-state index contributed by atoms with van der Waals surface area (Å²) >= 11 is 8.33. The van der Waals surface area contributed by atoms with Crippen LogP contribution in [0.3, 0.4) is 0 Å². The van der Waals surface area contributed by atoms with Crippen molar-refractivity contribution in [3.8, 4) is 5.75 Å². The number of nitrogens with zero attached hydrogens (tertiary/aromatic N) is 8. The molecule has 2 saturated heterocycles. The van der Waals surface area contributed by atoms with E-state index in [9.17, 15) is 32.7 Å². The lowest BCUT2D eigenvalue weighted by Gasteiger charge is -2.54. The number of benzene rings is 1. The zero-order valence-electron chi connectivity index (χ0n) is 42.8. The molecule has 3 aromatic heterocycles. The molecule has 31 heteroatoms. The SMILES string of the molecule is O=C(CCOCCOCCOCCOCCn1cc(COCCOCCOCCOCCSC2CCC3(CC2)CN(c2nc(Cl)nc4c2cnn4[C@@H]2O[C@H](COCP(=O)(O)O)[C@@H](O)[C@H]2O)C3)nn1)Oc1c(F)cc(F)cc1F. The van der Waals surface area contributed by atoms with Crippen LogP contribution in [-0.4, -0.2) is 215 Å². The Kier molecular flexibility index (Phi) is 25.0. The standard InChI is InChI=1S/C47H67ClF3N8O17PS/c48-46-53-43(35-25-52-59(44(35)54-46)45-41(62)40(61)38(75-45)28-74-31-77(63,64)65)57-29-47(30-57)4-1-34(2-5-47)78-22-21-72-18-17-70-15-16-71-19-20-73-27-33-26-58(56-55-33)6-8-67-10-12-69-14-13-68-11-9-66-7-3-39(60)76-42-36(50)23-32(49)24-37(42)51/h23-26,34,38,40-41,45,61-62H,1-22,27-31H2,(H2,63,64,65)/t38-,40-,41-,45-/m1/s1. The average Bonchev–Trinajstić information content (AvgIpc) is 4.21. The number of halogens is 4. The van der Waals surface area contributed by atoms with Gasteiger partial charge in [0, 0.05) is 41.6 Å². The number of thioether (sulfide) groups is 1. The smallest absolute Gasteiger partial charge is 0.350 e. The Morgan fingerprint density at radius 1 is 0.795 bits per heavy atom. The third-order valence-electron chi connectivity index (χ3n) is 12.6. The number of carbonyl (C=O) groups is 1. The van der Waals surface area contributed by atoms with E-state index in [1.54, 1.807) is 17.1 Å². The molecule has 78 heavy (non-hydrogen) atoms. The van der Waals surface area contributed by atoms with E-state index in [2.05, 4.69) is 35.0 Å². The summed E-state index contributed by atoms with van der Waals surface area (Å²) in [5, 5.41) is 35.1. The highest BCUT2D eigenvalue weighted by Gasteiger charge is 2.48. The van der Waals surface area contributed by atoms with E-state index in [4.69, 9.17) is 68.8 Å². The second-order valence-corrected chi connectivity index (χ2v) is 21.8. The zero-order valence-corrected chi connectivity index (χ0v) is 45.3. The van der Waals surface area contributed by atoms with Gasteiger partial charge in [-0.05, 0) is 37.3 Å². The molecule has 2 aliphatic heterocycles. The van der Waals surface area contributed by atoms with Crippen molar-refractivity contribution in [2.45, 2.75) is 75.0 Å². The molecule has 0 radical (unpaired) electrons. The van der Waals surface area contributed by atoms with Gasteiger partial charge in [0.1, 0.15) is 42.0 Å². The van der Waals surface area contributed by atoms with E-state index in [1.807, 2.05) is 11.8 Å². The normalized spacial score (nSPS) is 19.6. The van der Waals surface area contributed by atoms with Crippen molar-refractivity contribution < 1.29 is 94.6 Å². The number of ether oxygens (including phenoxy) is 11. The van der Waals surface area contributed by atoms with Crippen molar-refractivity contribution >= 4 is 53.8 Å². The molecular weight excluding hydrogens is 1100 g/mol. The molecule has 7 rings (SSSR count). The fraction of sp³-hybridized carbons (Fsp3) is 0.702. The Morgan fingerprint density at radius 3 is 2.01 bits per heavy atom. The number of rotatable bonds is 37. The Labute approximate surface area is 456 Å². The first-order valence-corrected chi connectivity index (χ1v) is 28.7. The molecule has 3 aliphatic rings. The van der Waals surface area contributed by atoms with Crippen LogP contribution >= 0.6 is 31.0 Å². The number of aromatic nitrogens is 7. The Balaban J connectivity index is 0.615. The molecule has 0 unspecified atom stereocenters. The van der Waals surface area contributed by atoms with Crippen LogP contribution < -0.4 is 9.64 Å². The monoisotopic (exact) mass is 1170 g/mol. The Hall–Kier alpha value is -3.72. The van der Waals surface area contributed by atoms with Gasteiger partial charge in [0.05, 0.1) is 143 Å². The first kappa shape index (κ1) is 61.9. The molecule has 0 amide bonds. The summed E-state index contributed by atoms with van der Waals surface area (Å²) in [5.41, 5.74) is 1.19. The van der Waals surface area contributed by atoms with Gasteiger partial charge in [-0.2, -0.15) is 26.8 Å². The second-order valence-electron chi connectivity index (χ2n) is 18.5. The first-order chi connectivity index (χ1) is 37.7. The topological polar surface area (TPSA) is 294 Å². The number of hydrogen-bond donors (Lipinski definition) is 4. The third-order valence-corrected chi connectivity index (χ3v) is 14.6. The van der Waals surface area contributed by atoms with E-state index in [0.717, 1.165) is 44.5 Å². The minimum Gasteiger partial charge on any atom is -0.420 e. The van der Waals surface area contributed by atoms with Gasteiger partial charge in [-0.15, -0.1) is 5.10 Å². The van der Waals surface area contributed by atoms with Crippen LogP contribution in [0.15, 0.2) is 24.5 Å². The van der Waals surface area contributed by atoms with Gasteiger partial charge in [0.25, 0.3) is 0 Å². The van der Waals surface area contributed by atoms with E-state index < -0.39 is 67.7 Å². The van der Waals surface area contributed by atoms with Crippen molar-refractivity contribution in [1.82, 2.24) is 34.7 Å². The molecule has 4 aromatic rings. The van der Waals surface area contributed by atoms with Gasteiger partial charge >= 0.3 is 13.6 Å². The van der Waals surface area contributed by atoms with Gasteiger partial charge < -0.3 is 77.0 Å². The summed E-state index contributed by atoms with van der Waals surface area (Å²) in [4.78, 5) is 40.9. The van der Waals surface area contributed by atoms with E-state index >= 15 is 0 Å². The van der Waals surface area contributed by atoms with Crippen LogP contribution in [0.1, 0.15) is 44.0 Å². The summed E-state index contributed by atoms with van der Waals surface area (Å²) in [5.74, 6) is -4.08. The number of aliphatic hydroxyl groups excluding tert-OH is 2. The average molecular weight is 1170 g/mol. The highest BCUT2D eigenvalue weighted by molar-refractivity contribution is 7.99. The number of aliphatic hydroxyl groups is 2. The molecule has 5 heterocycles. The van der Waals surface area contributed by atoms with Gasteiger partial charge in [0.2, 0.25) is 11.0 Å². The minimum absolute atomic E-state index is 0.00379. The van der Waals surface area contributed by atoms with Crippen LogP contribution in [0.5, 0.6) is 5.75 Å². The quantitative estimate of drug-likeness (QED) is 0.0166. The van der Waals surface area contributed by atoms with Gasteiger partial charge in [0.15, 0.2) is 23.5 Å². The Bertz CT molecular complexity index is 2490. The maximum atomic E-state index is 13.6. The van der Waals surface area contributed by atoms with Crippen molar-refractivity contribution in [2.75, 3.05) is 136 Å². The van der Waals surface area contributed by atoms with E-state index in [-0.39, 0.29) is 43.5 Å². The van der Waals surface area contributed by atoms with Crippen LogP contribution in [0.4, 0.5) is 19.0 Å². The molecule has 1 aromatic carbocycles. The predicted octanol–water partition coefficient (Wildman–Crippen LogP) is 3.07. The molecule has 25 nitrogen and oxygen atoms in total. The summed E-state index contributed by atoms with van der Waals surface area (Å²) in [6.45, 7) is 7.61. The molecule has 1 saturated carbocycles. The number of fused-ring (bicyclic) bond motifs is 1. The number of carbonyl (C=O) groups excluding carboxylic acids is 1. The number of esters is 1. The van der Waals surface area contributed by atoms with Crippen LogP contribution in [0, 0.1) is 22.9 Å². The zero-order chi connectivity index (χ0) is 55.3. The van der Waals surface area contributed by atoms with E-state index in [1.165, 1.54) is 4.68 Å². The summed E-state index contributed by atoms with van der Waals surface area (Å²) in [7, 11) is -4.42. The summed E-state index contributed by atoms with van der Waals surface area (Å²) < 4.78 is 114. The highest BCUT2D eigenvalue weighted by Crippen LogP contribution is 2.48. The van der Waals surface area contributed by atoms with Crippen LogP contribution in [0.2, 0.25) is 5.28 Å². The highest BCUT2D eigenvalue weighted by atomic mass is 35.5. The molecular formula is C47H67ClF3N8O17PS. The molecule has 4 N–H and O–H groups in total. The second kappa shape index (κ2) is 31.5. The molecule has 1 spiro atoms. The number of hydrogen-bond acceptors (Lipinski definition) is 22. The summed E-state index contributed by atoms with van der Waals surface area (Å²) in [6, 6.07) is 0.841. The maximum absolute atomic E-state index is 13.6. The van der Waals surface area contributed by atoms with Gasteiger partial charge in [-0.1, -0.05) is 5.21 Å². The fourth-order valence-electron chi connectivity index (χ4n) is 8.76. The van der Waals surface area contributed by atoms with Gasteiger partial charge in [-0.3, -0.25) is 9.36 Å². The Morgan fingerprint density at radius 2 is 1.38 bits per heavy atom. The van der Waals surface area contributed by atoms with Crippen molar-refractivity contribution in [3.05, 3.63) is 53.0 Å². The van der Waals surface area contributed by atoms with Crippen LogP contribution in [-0.2, 0) is 69.9 Å². The van der Waals surface area contributed by atoms with Gasteiger partial charge in [-0.25, -0.2) is 22.5 Å². The lowest BCUT2D eigenvalue weighted by atomic mass is 9.68. The molecule has 4 atom stereocenters. The number of anilines is 1. The lowest BCUT2D eigenvalue weighted by Crippen LogP contribution is -2.58. The van der Waals surface area contributed by atoms with Crippen molar-refractivity contribution in [2.24, 2.45) is 5.41 Å². The molecule has 436 valence electrons. The third kappa shape index (κ3) is 19.5. The van der Waals surface area contributed by atoms with Crippen LogP contribution in [0.25, 0.3) is 11.0 Å². The maximum Gasteiger partial charge on any atom is 0.350 e. The lowest BCUT2D eigenvalue weighted by molar-refractivity contribution is -0.136. The first-order valence-electron chi connectivity index (χ1n) is 25.4.